The number of nitrogens with zero attached hydrogens (tertiary/aromatic N) is 4. The van der Waals surface area contributed by atoms with Gasteiger partial charge in [-0.15, -0.1) is 10.2 Å². The van der Waals surface area contributed by atoms with Gasteiger partial charge in [0.2, 0.25) is 0 Å². The Morgan fingerprint density at radius 2 is 2.21 bits per heavy atom. The summed E-state index contributed by atoms with van der Waals surface area (Å²) in [5.41, 5.74) is 6.15. The second kappa shape index (κ2) is 4.34. The lowest BCUT2D eigenvalue weighted by atomic mass is 10.1. The van der Waals surface area contributed by atoms with Crippen LogP contribution in [0.3, 0.4) is 0 Å². The Balaban J connectivity index is 1.85. The first-order valence-electron chi connectivity index (χ1n) is 5.86. The summed E-state index contributed by atoms with van der Waals surface area (Å²) in [6, 6.07) is 3.79. The van der Waals surface area contributed by atoms with Crippen molar-refractivity contribution in [3.05, 3.63) is 41.7 Å². The Labute approximate surface area is 108 Å². The van der Waals surface area contributed by atoms with Crippen molar-refractivity contribution in [3.8, 4) is 0 Å². The molecule has 0 fully saturated rings. The highest BCUT2D eigenvalue weighted by Crippen LogP contribution is 2.18. The van der Waals surface area contributed by atoms with Gasteiger partial charge in [-0.1, -0.05) is 0 Å². The molecule has 3 rings (SSSR count). The minimum absolute atomic E-state index is 0.150. The van der Waals surface area contributed by atoms with E-state index in [1.54, 1.807) is 11.2 Å². The van der Waals surface area contributed by atoms with E-state index in [0.29, 0.717) is 25.2 Å². The van der Waals surface area contributed by atoms with Crippen LogP contribution in [0.4, 0.5) is 10.1 Å². The average molecular weight is 261 g/mol. The second-order valence-electron chi connectivity index (χ2n) is 4.40. The molecule has 2 N–H and O–H groups in total. The van der Waals surface area contributed by atoms with E-state index >= 15 is 0 Å². The second-order valence-corrected chi connectivity index (χ2v) is 4.40. The fourth-order valence-corrected chi connectivity index (χ4v) is 2.14. The SMILES string of the molecule is Nc1cc(F)ccc1C(=O)N1CCn2cnnc2C1. The molecule has 0 atom stereocenters. The predicted molar refractivity (Wildman–Crippen MR) is 65.6 cm³/mol. The molecule has 6 nitrogen and oxygen atoms in total. The normalized spacial score (nSPS) is 14.3. The van der Waals surface area contributed by atoms with E-state index in [1.807, 2.05) is 4.57 Å². The summed E-state index contributed by atoms with van der Waals surface area (Å²) in [6.07, 6.45) is 1.64. The molecule has 19 heavy (non-hydrogen) atoms. The molecule has 0 aliphatic carbocycles. The van der Waals surface area contributed by atoms with Crippen LogP contribution in [0.15, 0.2) is 24.5 Å². The lowest BCUT2D eigenvalue weighted by Crippen LogP contribution is -2.38. The number of anilines is 1. The van der Waals surface area contributed by atoms with Gasteiger partial charge in [-0.05, 0) is 18.2 Å². The monoisotopic (exact) mass is 261 g/mol. The summed E-state index contributed by atoms with van der Waals surface area (Å²) in [6.45, 7) is 1.59. The molecule has 1 amide bonds. The topological polar surface area (TPSA) is 77.0 Å². The lowest BCUT2D eigenvalue weighted by molar-refractivity contribution is 0.0708. The molecule has 98 valence electrons. The number of nitrogens with two attached hydrogens (primary N) is 1. The van der Waals surface area contributed by atoms with Crippen LogP contribution in [0.25, 0.3) is 0 Å². The molecule has 7 heteroatoms. The standard InChI is InChI=1S/C12H12FN5O/c13-8-1-2-9(10(14)5-8)12(19)17-3-4-18-7-15-16-11(18)6-17/h1-2,5,7H,3-4,6,14H2. The molecule has 2 heterocycles. The van der Waals surface area contributed by atoms with E-state index in [0.717, 1.165) is 11.9 Å². The predicted octanol–water partition coefficient (Wildman–Crippen LogP) is 0.655. The molecule has 1 aliphatic rings. The fourth-order valence-electron chi connectivity index (χ4n) is 2.14. The van der Waals surface area contributed by atoms with E-state index in [9.17, 15) is 9.18 Å². The fraction of sp³-hybridized carbons (Fsp3) is 0.250. The highest BCUT2D eigenvalue weighted by Gasteiger charge is 2.24. The zero-order valence-corrected chi connectivity index (χ0v) is 10.1. The molecule has 0 spiro atoms. The zero-order valence-electron chi connectivity index (χ0n) is 10.1. The molecule has 1 aromatic carbocycles. The smallest absolute Gasteiger partial charge is 0.256 e. The van der Waals surface area contributed by atoms with Gasteiger partial charge >= 0.3 is 0 Å². The van der Waals surface area contributed by atoms with Crippen molar-refractivity contribution in [2.45, 2.75) is 13.1 Å². The van der Waals surface area contributed by atoms with E-state index in [1.165, 1.54) is 12.1 Å². The van der Waals surface area contributed by atoms with Crippen LogP contribution < -0.4 is 5.73 Å². The number of hydrogen-bond donors (Lipinski definition) is 1. The summed E-state index contributed by atoms with van der Waals surface area (Å²) < 4.78 is 14.9. The molecule has 2 aromatic rings. The van der Waals surface area contributed by atoms with Gasteiger partial charge in [0, 0.05) is 18.8 Å². The van der Waals surface area contributed by atoms with Crippen LogP contribution in [-0.2, 0) is 13.1 Å². The largest absolute Gasteiger partial charge is 0.398 e. The molecule has 0 saturated heterocycles. The van der Waals surface area contributed by atoms with Crippen LogP contribution in [0, 0.1) is 5.82 Å². The number of carbonyl (C=O) groups excluding carboxylic acids is 1. The van der Waals surface area contributed by atoms with Gasteiger partial charge in [0.05, 0.1) is 12.1 Å². The number of fused-ring (bicyclic) bond motifs is 1. The molecule has 1 aromatic heterocycles. The number of halogens is 1. The van der Waals surface area contributed by atoms with Gasteiger partial charge in [-0.25, -0.2) is 4.39 Å². The Bertz CT molecular complexity index is 639. The van der Waals surface area contributed by atoms with E-state index in [-0.39, 0.29) is 11.6 Å². The van der Waals surface area contributed by atoms with Gasteiger partial charge in [0.15, 0.2) is 5.82 Å². The molecule has 1 aliphatic heterocycles. The first-order valence-corrected chi connectivity index (χ1v) is 5.86. The molecule has 0 bridgehead atoms. The first-order chi connectivity index (χ1) is 9.15. The third-order valence-electron chi connectivity index (χ3n) is 3.17. The number of benzene rings is 1. The minimum Gasteiger partial charge on any atom is -0.398 e. The molecular formula is C12H12FN5O. The van der Waals surface area contributed by atoms with Crippen molar-refractivity contribution in [3.63, 3.8) is 0 Å². The van der Waals surface area contributed by atoms with Crippen molar-refractivity contribution in [2.75, 3.05) is 12.3 Å². The number of hydrogen-bond acceptors (Lipinski definition) is 4. The van der Waals surface area contributed by atoms with Crippen molar-refractivity contribution >= 4 is 11.6 Å². The van der Waals surface area contributed by atoms with Gasteiger partial charge in [0.25, 0.3) is 5.91 Å². The highest BCUT2D eigenvalue weighted by molar-refractivity contribution is 5.99. The summed E-state index contributed by atoms with van der Waals surface area (Å²) >= 11 is 0. The summed E-state index contributed by atoms with van der Waals surface area (Å²) in [7, 11) is 0. The van der Waals surface area contributed by atoms with Crippen molar-refractivity contribution in [2.24, 2.45) is 0 Å². The quantitative estimate of drug-likeness (QED) is 0.765. The Morgan fingerprint density at radius 1 is 1.37 bits per heavy atom. The van der Waals surface area contributed by atoms with E-state index in [4.69, 9.17) is 5.73 Å². The van der Waals surface area contributed by atoms with Crippen molar-refractivity contribution in [1.82, 2.24) is 19.7 Å². The van der Waals surface area contributed by atoms with E-state index in [2.05, 4.69) is 10.2 Å². The molecular weight excluding hydrogens is 249 g/mol. The van der Waals surface area contributed by atoms with Crippen molar-refractivity contribution in [1.29, 1.82) is 0 Å². The van der Waals surface area contributed by atoms with Gasteiger partial charge in [0.1, 0.15) is 12.1 Å². The van der Waals surface area contributed by atoms with Crippen molar-refractivity contribution < 1.29 is 9.18 Å². The van der Waals surface area contributed by atoms with Crippen LogP contribution in [0.1, 0.15) is 16.2 Å². The van der Waals surface area contributed by atoms with Gasteiger partial charge in [-0.2, -0.15) is 0 Å². The van der Waals surface area contributed by atoms with Crippen LogP contribution in [0.5, 0.6) is 0 Å². The summed E-state index contributed by atoms with van der Waals surface area (Å²) in [5.74, 6) is 0.0690. The third-order valence-corrected chi connectivity index (χ3v) is 3.17. The zero-order chi connectivity index (χ0) is 13.4. The highest BCUT2D eigenvalue weighted by atomic mass is 19.1. The van der Waals surface area contributed by atoms with Gasteiger partial charge in [-0.3, -0.25) is 4.79 Å². The number of nitrogen functional groups attached to an aromatic ring is 1. The summed E-state index contributed by atoms with van der Waals surface area (Å²) in [5, 5.41) is 7.75. The maximum absolute atomic E-state index is 13.0. The summed E-state index contributed by atoms with van der Waals surface area (Å²) in [4.78, 5) is 14.0. The van der Waals surface area contributed by atoms with Crippen LogP contribution >= 0.6 is 0 Å². The Morgan fingerprint density at radius 3 is 3.00 bits per heavy atom. The molecule has 0 saturated carbocycles. The average Bonchev–Trinajstić information content (AvgIpc) is 2.85. The number of aromatic nitrogens is 3. The molecule has 0 unspecified atom stereocenters. The Hall–Kier alpha value is -2.44. The first kappa shape index (κ1) is 11.6. The van der Waals surface area contributed by atoms with Crippen LogP contribution in [-0.4, -0.2) is 32.1 Å². The number of amides is 1. The Kier molecular flexibility index (Phi) is 2.66. The maximum atomic E-state index is 13.0. The third kappa shape index (κ3) is 2.03. The van der Waals surface area contributed by atoms with Crippen LogP contribution in [0.2, 0.25) is 0 Å². The van der Waals surface area contributed by atoms with E-state index < -0.39 is 5.82 Å². The molecule has 0 radical (unpaired) electrons. The maximum Gasteiger partial charge on any atom is 0.256 e. The lowest BCUT2D eigenvalue weighted by Gasteiger charge is -2.27. The minimum atomic E-state index is -0.451. The van der Waals surface area contributed by atoms with Gasteiger partial charge < -0.3 is 15.2 Å². The number of carbonyl (C=O) groups is 1. The number of rotatable bonds is 1.